The first-order chi connectivity index (χ1) is 5.75. The number of allylic oxidation sites excluding steroid dienone is 3. The van der Waals surface area contributed by atoms with Crippen LogP contribution in [-0.2, 0) is 0 Å². The van der Waals surface area contributed by atoms with Crippen LogP contribution in [0.5, 0.6) is 0 Å². The average molecular weight is 162 g/mol. The summed E-state index contributed by atoms with van der Waals surface area (Å²) in [5, 5.41) is 0. The highest BCUT2D eigenvalue weighted by Crippen LogP contribution is 2.18. The van der Waals surface area contributed by atoms with Crippen molar-refractivity contribution in [1.82, 2.24) is 0 Å². The van der Waals surface area contributed by atoms with E-state index in [1.165, 1.54) is 6.08 Å². The van der Waals surface area contributed by atoms with E-state index in [0.29, 0.717) is 5.57 Å². The summed E-state index contributed by atoms with van der Waals surface area (Å²) >= 11 is 0. The van der Waals surface area contributed by atoms with Crippen LogP contribution in [0.2, 0.25) is 0 Å². The number of benzene rings is 1. The van der Waals surface area contributed by atoms with E-state index in [4.69, 9.17) is 0 Å². The Hall–Kier alpha value is -1.37. The summed E-state index contributed by atoms with van der Waals surface area (Å²) in [6.45, 7) is 5.12. The Bertz CT molecular complexity index is 296. The molecule has 0 N–H and O–H groups in total. The van der Waals surface area contributed by atoms with Gasteiger partial charge in [-0.25, -0.2) is 4.39 Å². The van der Waals surface area contributed by atoms with Crippen molar-refractivity contribution in [1.29, 1.82) is 0 Å². The van der Waals surface area contributed by atoms with Gasteiger partial charge < -0.3 is 0 Å². The van der Waals surface area contributed by atoms with Gasteiger partial charge in [-0.15, -0.1) is 0 Å². The van der Waals surface area contributed by atoms with E-state index in [1.807, 2.05) is 30.3 Å². The Morgan fingerprint density at radius 2 is 1.92 bits per heavy atom. The molecule has 0 aliphatic carbocycles. The van der Waals surface area contributed by atoms with E-state index in [2.05, 4.69) is 6.58 Å². The molecule has 0 aromatic heterocycles. The zero-order valence-corrected chi connectivity index (χ0v) is 7.05. The van der Waals surface area contributed by atoms with Crippen LogP contribution >= 0.6 is 0 Å². The van der Waals surface area contributed by atoms with Gasteiger partial charge in [0.25, 0.3) is 0 Å². The molecule has 0 amide bonds. The molecule has 1 heteroatoms. The van der Waals surface area contributed by atoms with Crippen LogP contribution in [0.4, 0.5) is 4.39 Å². The lowest BCUT2D eigenvalue weighted by Crippen LogP contribution is -1.80. The van der Waals surface area contributed by atoms with Crippen molar-refractivity contribution in [3.8, 4) is 0 Å². The normalized spacial score (nSPS) is 12.2. The predicted molar refractivity (Wildman–Crippen MR) is 50.3 cm³/mol. The molecular formula is C11H11F. The van der Waals surface area contributed by atoms with Gasteiger partial charge in [0.1, 0.15) is 5.83 Å². The van der Waals surface area contributed by atoms with E-state index < -0.39 is 0 Å². The monoisotopic (exact) mass is 162 g/mol. The SMILES string of the molecule is C=CC(F)=C(C)c1ccccc1. The van der Waals surface area contributed by atoms with Crippen molar-refractivity contribution in [2.24, 2.45) is 0 Å². The molecule has 0 aliphatic rings. The standard InChI is InChI=1S/C11H11F/c1-3-11(12)9(2)10-7-5-4-6-8-10/h3-8H,1H2,2H3. The second-order valence-electron chi connectivity index (χ2n) is 2.54. The summed E-state index contributed by atoms with van der Waals surface area (Å²) in [4.78, 5) is 0. The first-order valence-corrected chi connectivity index (χ1v) is 3.80. The lowest BCUT2D eigenvalue weighted by Gasteiger charge is -2.00. The van der Waals surface area contributed by atoms with Crippen LogP contribution in [0.15, 0.2) is 48.8 Å². The van der Waals surface area contributed by atoms with Crippen LogP contribution in [0, 0.1) is 0 Å². The molecule has 0 nitrogen and oxygen atoms in total. The van der Waals surface area contributed by atoms with E-state index in [-0.39, 0.29) is 5.83 Å². The first-order valence-electron chi connectivity index (χ1n) is 3.80. The molecule has 0 bridgehead atoms. The third-order valence-corrected chi connectivity index (χ3v) is 1.74. The lowest BCUT2D eigenvalue weighted by atomic mass is 10.1. The second-order valence-corrected chi connectivity index (χ2v) is 2.54. The van der Waals surface area contributed by atoms with E-state index in [0.717, 1.165) is 5.56 Å². The van der Waals surface area contributed by atoms with Crippen LogP contribution in [0.25, 0.3) is 5.57 Å². The van der Waals surface area contributed by atoms with Crippen LogP contribution in [0.1, 0.15) is 12.5 Å². The smallest absolute Gasteiger partial charge is 0.126 e. The fraction of sp³-hybridized carbons (Fsp3) is 0.0909. The summed E-state index contributed by atoms with van der Waals surface area (Å²) in [7, 11) is 0. The molecule has 0 saturated carbocycles. The van der Waals surface area contributed by atoms with Crippen molar-refractivity contribution >= 4 is 5.57 Å². The number of halogens is 1. The maximum atomic E-state index is 13.0. The Morgan fingerprint density at radius 1 is 1.33 bits per heavy atom. The van der Waals surface area contributed by atoms with Crippen molar-refractivity contribution in [2.75, 3.05) is 0 Å². The van der Waals surface area contributed by atoms with Gasteiger partial charge in [-0.05, 0) is 24.1 Å². The highest BCUT2D eigenvalue weighted by molar-refractivity contribution is 5.67. The summed E-state index contributed by atoms with van der Waals surface area (Å²) in [5.41, 5.74) is 1.53. The minimum atomic E-state index is -0.263. The molecule has 0 aliphatic heterocycles. The molecule has 1 rings (SSSR count). The summed E-state index contributed by atoms with van der Waals surface area (Å²) in [6.07, 6.45) is 1.22. The molecule has 0 spiro atoms. The summed E-state index contributed by atoms with van der Waals surface area (Å²) < 4.78 is 13.0. The van der Waals surface area contributed by atoms with Crippen molar-refractivity contribution < 1.29 is 4.39 Å². The maximum Gasteiger partial charge on any atom is 0.126 e. The second kappa shape index (κ2) is 3.86. The number of hydrogen-bond donors (Lipinski definition) is 0. The van der Waals surface area contributed by atoms with Crippen molar-refractivity contribution in [3.05, 3.63) is 54.4 Å². The lowest BCUT2D eigenvalue weighted by molar-refractivity contribution is 0.670. The van der Waals surface area contributed by atoms with Gasteiger partial charge in [0.05, 0.1) is 0 Å². The van der Waals surface area contributed by atoms with Gasteiger partial charge in [0.2, 0.25) is 0 Å². The summed E-state index contributed by atoms with van der Waals surface area (Å²) in [6, 6.07) is 9.42. The molecule has 1 aromatic carbocycles. The molecule has 0 fully saturated rings. The van der Waals surface area contributed by atoms with Crippen molar-refractivity contribution in [3.63, 3.8) is 0 Å². The predicted octanol–water partition coefficient (Wildman–Crippen LogP) is 3.57. The molecule has 0 atom stereocenters. The quantitative estimate of drug-likeness (QED) is 0.583. The van der Waals surface area contributed by atoms with Crippen LogP contribution < -0.4 is 0 Å². The molecular weight excluding hydrogens is 151 g/mol. The first kappa shape index (κ1) is 8.72. The molecule has 12 heavy (non-hydrogen) atoms. The van der Waals surface area contributed by atoms with Gasteiger partial charge in [-0.3, -0.25) is 0 Å². The molecule has 0 heterocycles. The fourth-order valence-corrected chi connectivity index (χ4v) is 0.979. The molecule has 0 unspecified atom stereocenters. The highest BCUT2D eigenvalue weighted by Gasteiger charge is 1.98. The minimum absolute atomic E-state index is 0.263. The van der Waals surface area contributed by atoms with Gasteiger partial charge >= 0.3 is 0 Å². The fourth-order valence-electron chi connectivity index (χ4n) is 0.979. The average Bonchev–Trinajstić information content (AvgIpc) is 2.17. The Balaban J connectivity index is 3.08. The Kier molecular flexibility index (Phi) is 2.81. The van der Waals surface area contributed by atoms with Crippen molar-refractivity contribution in [2.45, 2.75) is 6.92 Å². The van der Waals surface area contributed by atoms with Gasteiger partial charge in [0, 0.05) is 0 Å². The van der Waals surface area contributed by atoms with Gasteiger partial charge in [-0.2, -0.15) is 0 Å². The zero-order valence-electron chi connectivity index (χ0n) is 7.05. The zero-order chi connectivity index (χ0) is 8.97. The third-order valence-electron chi connectivity index (χ3n) is 1.74. The minimum Gasteiger partial charge on any atom is -0.207 e. The molecule has 0 saturated heterocycles. The third kappa shape index (κ3) is 1.82. The topological polar surface area (TPSA) is 0 Å². The number of hydrogen-bond acceptors (Lipinski definition) is 0. The molecule has 0 radical (unpaired) electrons. The van der Waals surface area contributed by atoms with E-state index in [1.54, 1.807) is 6.92 Å². The number of rotatable bonds is 2. The summed E-state index contributed by atoms with van der Waals surface area (Å²) in [5.74, 6) is -0.263. The molecule has 1 aromatic rings. The largest absolute Gasteiger partial charge is 0.207 e. The molecule has 62 valence electrons. The maximum absolute atomic E-state index is 13.0. The van der Waals surface area contributed by atoms with Gasteiger partial charge in [0.15, 0.2) is 0 Å². The van der Waals surface area contributed by atoms with Crippen LogP contribution in [0.3, 0.4) is 0 Å². The van der Waals surface area contributed by atoms with E-state index in [9.17, 15) is 4.39 Å². The Labute approximate surface area is 72.0 Å². The Morgan fingerprint density at radius 3 is 2.42 bits per heavy atom. The highest BCUT2D eigenvalue weighted by atomic mass is 19.1. The van der Waals surface area contributed by atoms with E-state index >= 15 is 0 Å². The van der Waals surface area contributed by atoms with Gasteiger partial charge in [-0.1, -0.05) is 36.9 Å². The van der Waals surface area contributed by atoms with Crippen LogP contribution in [-0.4, -0.2) is 0 Å².